The summed E-state index contributed by atoms with van der Waals surface area (Å²) in [4.78, 5) is 47.5. The number of rotatable bonds is 6. The fourth-order valence-electron chi connectivity index (χ4n) is 3.21. The summed E-state index contributed by atoms with van der Waals surface area (Å²) in [5, 5.41) is 8.46. The first-order valence-electron chi connectivity index (χ1n) is 10.3. The van der Waals surface area contributed by atoms with Crippen LogP contribution in [0.3, 0.4) is 0 Å². The maximum Gasteiger partial charge on any atom is 0.414 e. The van der Waals surface area contributed by atoms with Crippen LogP contribution < -0.4 is 20.3 Å². The van der Waals surface area contributed by atoms with Crippen LogP contribution in [0.5, 0.6) is 5.88 Å². The number of aryl methyl sites for hydroxylation is 1. The number of nitrogens with one attached hydrogen (secondary N) is 2. The van der Waals surface area contributed by atoms with E-state index in [9.17, 15) is 27.6 Å². The van der Waals surface area contributed by atoms with Gasteiger partial charge in [-0.25, -0.2) is 19.6 Å². The van der Waals surface area contributed by atoms with Gasteiger partial charge in [-0.15, -0.1) is 0 Å². The lowest BCUT2D eigenvalue weighted by molar-refractivity contribution is -0.123. The summed E-state index contributed by atoms with van der Waals surface area (Å²) in [5.41, 5.74) is 0.433. The summed E-state index contributed by atoms with van der Waals surface area (Å²) >= 11 is 0. The molecule has 0 saturated carbocycles. The van der Waals surface area contributed by atoms with E-state index >= 15 is 0 Å². The molecule has 36 heavy (non-hydrogen) atoms. The summed E-state index contributed by atoms with van der Waals surface area (Å²) in [6.07, 6.45) is -2.10. The average molecular weight is 508 g/mol. The number of aromatic nitrogens is 4. The van der Waals surface area contributed by atoms with Crippen LogP contribution in [0.1, 0.15) is 10.5 Å². The summed E-state index contributed by atoms with van der Waals surface area (Å²) < 4.78 is 48.2. The zero-order valence-corrected chi connectivity index (χ0v) is 18.9. The van der Waals surface area contributed by atoms with E-state index in [1.807, 2.05) is 0 Å². The van der Waals surface area contributed by atoms with Gasteiger partial charge in [-0.3, -0.25) is 14.4 Å². The normalized spacial score (nSPS) is 13.8. The van der Waals surface area contributed by atoms with E-state index in [-0.39, 0.29) is 34.9 Å². The zero-order chi connectivity index (χ0) is 26.0. The summed E-state index contributed by atoms with van der Waals surface area (Å²) in [6, 6.07) is 2.38. The zero-order valence-electron chi connectivity index (χ0n) is 18.9. The quantitative estimate of drug-likeness (QED) is 0.515. The van der Waals surface area contributed by atoms with Crippen LogP contribution in [-0.4, -0.2) is 75.5 Å². The van der Waals surface area contributed by atoms with E-state index in [0.29, 0.717) is 18.8 Å². The van der Waals surface area contributed by atoms with Gasteiger partial charge in [0.2, 0.25) is 11.8 Å². The number of halogens is 3. The van der Waals surface area contributed by atoms with Gasteiger partial charge in [0.1, 0.15) is 18.5 Å². The minimum atomic E-state index is -4.60. The lowest BCUT2D eigenvalue weighted by atomic mass is 10.2. The number of ether oxygens (including phenoxy) is 1. The highest BCUT2D eigenvalue weighted by Gasteiger charge is 2.31. The van der Waals surface area contributed by atoms with Gasteiger partial charge in [0.25, 0.3) is 5.91 Å². The Kier molecular flexibility index (Phi) is 6.50. The van der Waals surface area contributed by atoms with Crippen molar-refractivity contribution in [2.45, 2.75) is 6.18 Å². The number of pyridine rings is 1. The Balaban J connectivity index is 1.45. The number of carbonyl (C=O) groups excluding carboxylic acids is 3. The van der Waals surface area contributed by atoms with Crippen molar-refractivity contribution in [3.8, 4) is 17.3 Å². The highest BCUT2D eigenvalue weighted by Crippen LogP contribution is 2.28. The molecule has 0 unspecified atom stereocenters. The number of urea groups is 1. The summed E-state index contributed by atoms with van der Waals surface area (Å²) in [5.74, 6) is -0.706. The molecule has 4 amide bonds. The van der Waals surface area contributed by atoms with E-state index in [4.69, 9.17) is 9.15 Å². The molecule has 1 aliphatic rings. The van der Waals surface area contributed by atoms with Crippen LogP contribution in [0.25, 0.3) is 11.5 Å². The van der Waals surface area contributed by atoms with Crippen molar-refractivity contribution in [2.75, 3.05) is 36.9 Å². The number of hydrogen-bond donors (Lipinski definition) is 2. The van der Waals surface area contributed by atoms with Crippen molar-refractivity contribution in [2.24, 2.45) is 7.05 Å². The topological polar surface area (TPSA) is 148 Å². The molecule has 16 heteroatoms. The van der Waals surface area contributed by atoms with E-state index in [2.05, 4.69) is 20.4 Å². The Morgan fingerprint density at radius 2 is 2.03 bits per heavy atom. The lowest BCUT2D eigenvalue weighted by Crippen LogP contribution is -2.35. The predicted octanol–water partition coefficient (Wildman–Crippen LogP) is 2.24. The molecule has 3 aromatic rings. The molecule has 2 N–H and O–H groups in total. The van der Waals surface area contributed by atoms with Gasteiger partial charge in [-0.1, -0.05) is 0 Å². The van der Waals surface area contributed by atoms with Crippen molar-refractivity contribution in [1.82, 2.24) is 30.0 Å². The third kappa shape index (κ3) is 5.53. The smallest absolute Gasteiger partial charge is 0.414 e. The van der Waals surface area contributed by atoms with E-state index < -0.39 is 24.7 Å². The summed E-state index contributed by atoms with van der Waals surface area (Å²) in [6.45, 7) is -0.647. The standard InChI is InChI=1S/C20H19F3N8O5/c1-29-5-6-31(19(29)34)15-12(8-30(2)28-15)26-16(32)13-9-35-17(27-13)11-3-4-24-14(7-11)36-18(33)25-10-20(21,22)23/h3-4,7-9H,5-6,10H2,1-2H3,(H,25,33)(H,26,32). The number of oxazole rings is 1. The molecule has 0 spiro atoms. The van der Waals surface area contributed by atoms with Gasteiger partial charge < -0.3 is 24.7 Å². The van der Waals surface area contributed by atoms with Gasteiger partial charge in [-0.2, -0.15) is 18.3 Å². The van der Waals surface area contributed by atoms with Crippen LogP contribution >= 0.6 is 0 Å². The number of likely N-dealkylation sites (N-methyl/N-ethyl adjacent to an activating group) is 1. The Hall–Kier alpha value is -4.63. The number of anilines is 2. The molecule has 0 radical (unpaired) electrons. The van der Waals surface area contributed by atoms with Gasteiger partial charge in [0.15, 0.2) is 11.5 Å². The summed E-state index contributed by atoms with van der Waals surface area (Å²) in [7, 11) is 3.30. The van der Waals surface area contributed by atoms with Crippen LogP contribution in [0.15, 0.2) is 35.2 Å². The van der Waals surface area contributed by atoms with Crippen molar-refractivity contribution in [1.29, 1.82) is 0 Å². The highest BCUT2D eigenvalue weighted by molar-refractivity contribution is 6.06. The Bertz CT molecular complexity index is 1300. The molecular formula is C20H19F3N8O5. The van der Waals surface area contributed by atoms with E-state index in [1.54, 1.807) is 19.4 Å². The first-order chi connectivity index (χ1) is 17.0. The Morgan fingerprint density at radius 3 is 2.72 bits per heavy atom. The van der Waals surface area contributed by atoms with E-state index in [1.165, 1.54) is 39.0 Å². The molecule has 3 aromatic heterocycles. The van der Waals surface area contributed by atoms with Crippen LogP contribution in [0, 0.1) is 0 Å². The fraction of sp³-hybridized carbons (Fsp3) is 0.300. The fourth-order valence-corrected chi connectivity index (χ4v) is 3.21. The SMILES string of the molecule is CN1CCN(c2nn(C)cc2NC(=O)c2coc(-c3ccnc(OC(=O)NCC(F)(F)F)c3)n2)C1=O. The third-order valence-corrected chi connectivity index (χ3v) is 4.88. The molecule has 1 aliphatic heterocycles. The number of amides is 4. The molecule has 0 atom stereocenters. The second-order valence-electron chi connectivity index (χ2n) is 7.63. The van der Waals surface area contributed by atoms with Crippen molar-refractivity contribution in [3.63, 3.8) is 0 Å². The molecule has 190 valence electrons. The van der Waals surface area contributed by atoms with Gasteiger partial charge >= 0.3 is 18.3 Å². The third-order valence-electron chi connectivity index (χ3n) is 4.88. The van der Waals surface area contributed by atoms with Crippen LogP contribution in [0.2, 0.25) is 0 Å². The molecule has 1 fully saturated rings. The molecule has 4 rings (SSSR count). The molecule has 0 bridgehead atoms. The largest absolute Gasteiger partial charge is 0.444 e. The number of hydrogen-bond acceptors (Lipinski definition) is 8. The van der Waals surface area contributed by atoms with E-state index in [0.717, 1.165) is 6.26 Å². The molecule has 1 saturated heterocycles. The minimum absolute atomic E-state index is 0.0362. The highest BCUT2D eigenvalue weighted by atomic mass is 19.4. The Labute approximate surface area is 200 Å². The lowest BCUT2D eigenvalue weighted by Gasteiger charge is -2.14. The van der Waals surface area contributed by atoms with Gasteiger partial charge in [0.05, 0.1) is 6.20 Å². The van der Waals surface area contributed by atoms with Gasteiger partial charge in [-0.05, 0) is 6.07 Å². The van der Waals surface area contributed by atoms with Crippen molar-refractivity contribution < 1.29 is 36.7 Å². The van der Waals surface area contributed by atoms with Crippen LogP contribution in [0.4, 0.5) is 34.3 Å². The second-order valence-corrected chi connectivity index (χ2v) is 7.63. The first kappa shape index (κ1) is 24.5. The number of carbonyl (C=O) groups is 3. The molecule has 13 nitrogen and oxygen atoms in total. The molecular weight excluding hydrogens is 489 g/mol. The maximum atomic E-state index is 12.8. The molecule has 0 aromatic carbocycles. The number of alkyl halides is 3. The van der Waals surface area contributed by atoms with Crippen molar-refractivity contribution >= 4 is 29.5 Å². The second kappa shape index (κ2) is 9.55. The first-order valence-corrected chi connectivity index (χ1v) is 10.3. The maximum absolute atomic E-state index is 12.8. The minimum Gasteiger partial charge on any atom is -0.444 e. The molecule has 4 heterocycles. The number of nitrogens with zero attached hydrogens (tertiary/aromatic N) is 6. The average Bonchev–Trinajstić information content (AvgIpc) is 3.52. The predicted molar refractivity (Wildman–Crippen MR) is 116 cm³/mol. The van der Waals surface area contributed by atoms with Crippen molar-refractivity contribution in [3.05, 3.63) is 36.5 Å². The monoisotopic (exact) mass is 508 g/mol. The molecule has 0 aliphatic carbocycles. The van der Waals surface area contributed by atoms with Crippen LogP contribution in [-0.2, 0) is 7.05 Å². The van der Waals surface area contributed by atoms with Gasteiger partial charge in [0, 0.05) is 45.0 Å². The Morgan fingerprint density at radius 1 is 1.25 bits per heavy atom.